The summed E-state index contributed by atoms with van der Waals surface area (Å²) in [4.78, 5) is 12.5. The molecule has 3 rings (SSSR count). The lowest BCUT2D eigenvalue weighted by molar-refractivity contribution is -0.112. The number of benzene rings is 3. The fraction of sp³-hybridized carbons (Fsp3) is 0.0769. The van der Waals surface area contributed by atoms with Crippen molar-refractivity contribution in [2.75, 3.05) is 12.4 Å². The van der Waals surface area contributed by atoms with Crippen molar-refractivity contribution in [2.24, 2.45) is 0 Å². The van der Waals surface area contributed by atoms with Crippen LogP contribution in [0.2, 0.25) is 5.02 Å². The van der Waals surface area contributed by atoms with Crippen LogP contribution in [0, 0.1) is 11.3 Å². The first-order chi connectivity index (χ1) is 17.2. The van der Waals surface area contributed by atoms with Gasteiger partial charge in [-0.05, 0) is 78.7 Å². The first-order valence-electron chi connectivity index (χ1n) is 10.4. The fourth-order valence-electron chi connectivity index (χ4n) is 3.14. The minimum absolute atomic E-state index is 0.0336. The molecule has 0 saturated carbocycles. The summed E-state index contributed by atoms with van der Waals surface area (Å²) in [6, 6.07) is 16.1. The number of anilines is 1. The molecule has 0 aliphatic carbocycles. The van der Waals surface area contributed by atoms with Crippen molar-refractivity contribution in [3.63, 3.8) is 0 Å². The van der Waals surface area contributed by atoms with Crippen LogP contribution in [0.3, 0.4) is 0 Å². The third kappa shape index (κ3) is 6.44. The van der Waals surface area contributed by atoms with Crippen LogP contribution in [0.15, 0.2) is 83.8 Å². The summed E-state index contributed by atoms with van der Waals surface area (Å²) in [5.74, 6) is -0.602. The molecule has 0 unspecified atom stereocenters. The molecular weight excluding hydrogens is 504 g/mol. The van der Waals surface area contributed by atoms with Crippen molar-refractivity contribution in [1.29, 1.82) is 5.26 Å². The third-order valence-corrected chi connectivity index (χ3v) is 6.32. The lowest BCUT2D eigenvalue weighted by Crippen LogP contribution is -2.13. The van der Waals surface area contributed by atoms with Crippen LogP contribution in [0.25, 0.3) is 6.08 Å². The number of nitriles is 1. The van der Waals surface area contributed by atoms with Crippen LogP contribution in [0.1, 0.15) is 11.1 Å². The number of amides is 1. The minimum Gasteiger partial charge on any atom is -0.508 e. The maximum absolute atomic E-state index is 12.9. The highest BCUT2D eigenvalue weighted by Gasteiger charge is 2.22. The van der Waals surface area contributed by atoms with Crippen LogP contribution in [-0.4, -0.2) is 26.5 Å². The second-order valence-corrected chi connectivity index (χ2v) is 9.35. The molecule has 1 amide bonds. The van der Waals surface area contributed by atoms with Crippen molar-refractivity contribution in [3.05, 3.63) is 95.0 Å². The molecule has 0 radical (unpaired) electrons. The highest BCUT2D eigenvalue weighted by atomic mass is 35.5. The Bertz CT molecular complexity index is 1460. The highest BCUT2D eigenvalue weighted by Crippen LogP contribution is 2.36. The fourth-order valence-corrected chi connectivity index (χ4v) is 4.24. The van der Waals surface area contributed by atoms with Crippen molar-refractivity contribution >= 4 is 39.4 Å². The van der Waals surface area contributed by atoms with E-state index in [-0.39, 0.29) is 34.1 Å². The van der Waals surface area contributed by atoms with E-state index in [1.165, 1.54) is 67.8 Å². The van der Waals surface area contributed by atoms with Gasteiger partial charge in [0.15, 0.2) is 11.5 Å². The van der Waals surface area contributed by atoms with E-state index in [0.717, 1.165) is 0 Å². The molecular formula is C26H21ClN2O6S. The normalized spacial score (nSPS) is 11.3. The average molecular weight is 525 g/mol. The van der Waals surface area contributed by atoms with Gasteiger partial charge in [0.25, 0.3) is 5.91 Å². The second-order valence-electron chi connectivity index (χ2n) is 7.37. The van der Waals surface area contributed by atoms with Gasteiger partial charge in [-0.15, -0.1) is 6.58 Å². The predicted octanol–water partition coefficient (Wildman–Crippen LogP) is 5.10. The van der Waals surface area contributed by atoms with Gasteiger partial charge in [-0.1, -0.05) is 17.7 Å². The van der Waals surface area contributed by atoms with Gasteiger partial charge < -0.3 is 19.3 Å². The molecule has 0 aromatic heterocycles. The Morgan fingerprint density at radius 3 is 2.42 bits per heavy atom. The summed E-state index contributed by atoms with van der Waals surface area (Å²) in [5, 5.41) is 21.9. The van der Waals surface area contributed by atoms with Gasteiger partial charge in [-0.2, -0.15) is 13.7 Å². The Hall–Kier alpha value is -4.26. The summed E-state index contributed by atoms with van der Waals surface area (Å²) < 4.78 is 36.5. The lowest BCUT2D eigenvalue weighted by Gasteiger charge is -2.16. The molecule has 3 aromatic rings. The predicted molar refractivity (Wildman–Crippen MR) is 136 cm³/mol. The summed E-state index contributed by atoms with van der Waals surface area (Å²) in [5.41, 5.74) is 0.985. The van der Waals surface area contributed by atoms with Crippen molar-refractivity contribution in [3.8, 4) is 23.3 Å². The maximum Gasteiger partial charge on any atom is 0.339 e. The Labute approximate surface area is 213 Å². The number of rotatable bonds is 9. The van der Waals surface area contributed by atoms with Gasteiger partial charge in [-0.25, -0.2) is 0 Å². The van der Waals surface area contributed by atoms with Crippen molar-refractivity contribution < 1.29 is 27.2 Å². The lowest BCUT2D eigenvalue weighted by atomic mass is 10.0. The Morgan fingerprint density at radius 2 is 1.83 bits per heavy atom. The number of nitrogens with one attached hydrogen (secondary N) is 1. The van der Waals surface area contributed by atoms with Crippen LogP contribution in [0.4, 0.5) is 5.69 Å². The Kier molecular flexibility index (Phi) is 8.38. The molecule has 10 heteroatoms. The molecule has 0 fully saturated rings. The molecule has 0 saturated heterocycles. The first-order valence-corrected chi connectivity index (χ1v) is 12.2. The molecule has 36 heavy (non-hydrogen) atoms. The molecule has 2 N–H and O–H groups in total. The quantitative estimate of drug-likeness (QED) is 0.131. The summed E-state index contributed by atoms with van der Waals surface area (Å²) >= 11 is 5.85. The van der Waals surface area contributed by atoms with E-state index < -0.39 is 16.0 Å². The molecule has 0 aliphatic rings. The Balaban J connectivity index is 1.98. The summed E-state index contributed by atoms with van der Waals surface area (Å²) in [6.07, 6.45) is 3.10. The zero-order valence-corrected chi connectivity index (χ0v) is 20.6. The van der Waals surface area contributed by atoms with Gasteiger partial charge >= 0.3 is 10.1 Å². The zero-order valence-electron chi connectivity index (χ0n) is 19.1. The number of hydrogen-bond acceptors (Lipinski definition) is 7. The number of carbonyl (C=O) groups is 1. The first kappa shape index (κ1) is 26.3. The smallest absolute Gasteiger partial charge is 0.339 e. The second kappa shape index (κ2) is 11.4. The third-order valence-electron chi connectivity index (χ3n) is 4.83. The number of phenols is 1. The number of methoxy groups -OCH3 is 1. The molecule has 184 valence electrons. The number of hydrogen-bond donors (Lipinski definition) is 2. The summed E-state index contributed by atoms with van der Waals surface area (Å²) in [7, 11) is -2.88. The monoisotopic (exact) mass is 524 g/mol. The van der Waals surface area contributed by atoms with E-state index in [1.807, 2.05) is 6.07 Å². The number of nitrogens with zero attached hydrogens (tertiary/aromatic N) is 1. The van der Waals surface area contributed by atoms with Gasteiger partial charge in [0.1, 0.15) is 22.3 Å². The molecule has 0 atom stereocenters. The van der Waals surface area contributed by atoms with E-state index in [1.54, 1.807) is 12.1 Å². The number of halogens is 1. The van der Waals surface area contributed by atoms with E-state index >= 15 is 0 Å². The van der Waals surface area contributed by atoms with E-state index in [0.29, 0.717) is 21.8 Å². The van der Waals surface area contributed by atoms with Crippen molar-refractivity contribution in [1.82, 2.24) is 0 Å². The van der Waals surface area contributed by atoms with Crippen LogP contribution in [-0.2, 0) is 21.3 Å². The van der Waals surface area contributed by atoms with Gasteiger partial charge in [-0.3, -0.25) is 4.79 Å². The molecule has 0 bridgehead atoms. The maximum atomic E-state index is 12.9. The molecule has 3 aromatic carbocycles. The van der Waals surface area contributed by atoms with E-state index in [4.69, 9.17) is 20.5 Å². The average Bonchev–Trinajstić information content (AvgIpc) is 2.85. The molecule has 0 aliphatic heterocycles. The van der Waals surface area contributed by atoms with E-state index in [2.05, 4.69) is 11.9 Å². The number of ether oxygens (including phenoxy) is 1. The number of carbonyl (C=O) groups excluding carboxylic acids is 1. The standard InChI is InChI=1S/C26H21ClN2O6S/c1-3-4-18-13-17(14-19(16-28)26(31)29-21-7-9-22(30)10-8-21)15-24(34-2)25(18)35-36(32,33)23-11-5-20(27)6-12-23/h3,5-15,30H,1,4H2,2H3,(H,29,31)/b19-14+. The van der Waals surface area contributed by atoms with Gasteiger partial charge in [0.05, 0.1) is 7.11 Å². The largest absolute Gasteiger partial charge is 0.508 e. The molecule has 0 spiro atoms. The molecule has 0 heterocycles. The van der Waals surface area contributed by atoms with Crippen LogP contribution < -0.4 is 14.2 Å². The number of aromatic hydroxyl groups is 1. The zero-order chi connectivity index (χ0) is 26.3. The van der Waals surface area contributed by atoms with Gasteiger partial charge in [0, 0.05) is 16.3 Å². The topological polar surface area (TPSA) is 126 Å². The summed E-state index contributed by atoms with van der Waals surface area (Å²) in [6.45, 7) is 3.69. The van der Waals surface area contributed by atoms with Crippen molar-refractivity contribution in [2.45, 2.75) is 11.3 Å². The highest BCUT2D eigenvalue weighted by molar-refractivity contribution is 7.87. The van der Waals surface area contributed by atoms with Crippen LogP contribution >= 0.6 is 11.6 Å². The number of phenolic OH excluding ortho intramolecular Hbond substituents is 1. The SMILES string of the molecule is C=CCc1cc(/C=C(\C#N)C(=O)Nc2ccc(O)cc2)cc(OC)c1OS(=O)(=O)c1ccc(Cl)cc1. The Morgan fingerprint density at radius 1 is 1.17 bits per heavy atom. The molecule has 8 nitrogen and oxygen atoms in total. The van der Waals surface area contributed by atoms with E-state index in [9.17, 15) is 23.6 Å². The van der Waals surface area contributed by atoms with Gasteiger partial charge in [0.2, 0.25) is 0 Å². The minimum atomic E-state index is -4.22. The van der Waals surface area contributed by atoms with Crippen LogP contribution in [0.5, 0.6) is 17.2 Å². The number of allylic oxidation sites excluding steroid dienone is 1.